The Labute approximate surface area is 308 Å². The van der Waals surface area contributed by atoms with Crippen molar-refractivity contribution in [1.29, 1.82) is 0 Å². The lowest BCUT2D eigenvalue weighted by atomic mass is 9.55. The van der Waals surface area contributed by atoms with Gasteiger partial charge in [-0.1, -0.05) is 80.1 Å². The molecule has 1 heterocycles. The molecule has 1 saturated carbocycles. The van der Waals surface area contributed by atoms with E-state index >= 15 is 0 Å². The van der Waals surface area contributed by atoms with Crippen LogP contribution >= 0.6 is 0 Å². The first-order valence-corrected chi connectivity index (χ1v) is 18.8. The van der Waals surface area contributed by atoms with Gasteiger partial charge in [-0.3, -0.25) is 4.90 Å². The average Bonchev–Trinajstić information content (AvgIpc) is 3.17. The van der Waals surface area contributed by atoms with Crippen LogP contribution in [0.1, 0.15) is 75.3 Å². The Balaban J connectivity index is 1.76. The third-order valence-corrected chi connectivity index (χ3v) is 10.5. The maximum atomic E-state index is 13.7. The second kappa shape index (κ2) is 19.1. The SMILES string of the molecule is C=CCOc1ccc2c(c1)[C@H]1[C@H](CCCCO)[C@@H](CCCCO)C=C3C(=NOCc4ccccc4)C[C@H](N(CCC)C(=O)OC)[C@@](OCC=C)(O2)[C@H]31. The number of hydrogen-bond donors (Lipinski definition) is 2. The minimum absolute atomic E-state index is 0.117. The molecule has 282 valence electrons. The van der Waals surface area contributed by atoms with Crippen LogP contribution in [0, 0.1) is 17.8 Å². The highest BCUT2D eigenvalue weighted by atomic mass is 16.7. The molecule has 1 fully saturated rings. The van der Waals surface area contributed by atoms with Gasteiger partial charge >= 0.3 is 6.09 Å². The van der Waals surface area contributed by atoms with Gasteiger partial charge in [0.2, 0.25) is 5.79 Å². The highest BCUT2D eigenvalue weighted by Crippen LogP contribution is 2.62. The number of ether oxygens (including phenoxy) is 4. The van der Waals surface area contributed by atoms with E-state index in [2.05, 4.69) is 25.3 Å². The molecule has 1 aliphatic heterocycles. The zero-order chi connectivity index (χ0) is 36.9. The normalized spacial score (nSPS) is 25.2. The van der Waals surface area contributed by atoms with E-state index in [0.29, 0.717) is 50.3 Å². The number of rotatable bonds is 20. The molecule has 0 bridgehead atoms. The zero-order valence-electron chi connectivity index (χ0n) is 30.8. The molecule has 2 aromatic rings. The van der Waals surface area contributed by atoms with Crippen molar-refractivity contribution in [1.82, 2.24) is 4.90 Å². The fourth-order valence-corrected chi connectivity index (χ4v) is 8.38. The number of aliphatic hydroxyl groups is 2. The van der Waals surface area contributed by atoms with E-state index in [4.69, 9.17) is 28.9 Å². The summed E-state index contributed by atoms with van der Waals surface area (Å²) in [5.41, 5.74) is 3.72. The van der Waals surface area contributed by atoms with Gasteiger partial charge in [-0.15, -0.1) is 6.58 Å². The number of fused-ring (bicyclic) bond motifs is 2. The van der Waals surface area contributed by atoms with E-state index in [1.807, 2.05) is 49.4 Å². The molecule has 3 aliphatic rings. The van der Waals surface area contributed by atoms with Gasteiger partial charge in [0.25, 0.3) is 0 Å². The fraction of sp³-hybridized carbons (Fsp3) is 0.524. The average molecular weight is 717 g/mol. The van der Waals surface area contributed by atoms with E-state index in [-0.39, 0.29) is 44.2 Å². The van der Waals surface area contributed by atoms with Gasteiger partial charge in [-0.25, -0.2) is 4.79 Å². The number of carbonyl (C=O) groups is 1. The van der Waals surface area contributed by atoms with Crippen molar-refractivity contribution in [2.45, 2.75) is 82.6 Å². The maximum Gasteiger partial charge on any atom is 0.409 e. The molecule has 0 radical (unpaired) electrons. The van der Waals surface area contributed by atoms with Crippen LogP contribution in [0.3, 0.4) is 0 Å². The Hall–Kier alpha value is -4.12. The van der Waals surface area contributed by atoms with Crippen LogP contribution in [0.25, 0.3) is 0 Å². The topological polar surface area (TPSA) is 119 Å². The standard InChI is InChI=1S/C42H56N2O8/c1-5-21-44(41(47)48-4)38-28-36(43-51-29-30-15-9-8-10-16-30)34-26-31(17-11-13-22-45)33(18-12-14-23-46)39-35-27-32(49-24-6-2)19-20-37(35)52-42(38,40(34)39)50-25-7-3/h6-10,15-16,19-20,26-27,31,33,38-40,45-46H,2-3,5,11-14,17-18,21-25,28-29H2,1,4H3/t31-,33+,38-,39+,40+,42+/m0/s1. The number of aliphatic hydroxyl groups excluding tert-OH is 2. The summed E-state index contributed by atoms with van der Waals surface area (Å²) in [6.45, 7) is 11.3. The number of allylic oxidation sites excluding steroid dienone is 1. The molecule has 0 spiro atoms. The largest absolute Gasteiger partial charge is 0.490 e. The molecule has 2 aliphatic carbocycles. The smallest absolute Gasteiger partial charge is 0.409 e. The van der Waals surface area contributed by atoms with Crippen LogP contribution in [0.2, 0.25) is 0 Å². The second-order valence-electron chi connectivity index (χ2n) is 13.8. The summed E-state index contributed by atoms with van der Waals surface area (Å²) in [6, 6.07) is 15.2. The Kier molecular flexibility index (Phi) is 14.4. The molecular formula is C42H56N2O8. The maximum absolute atomic E-state index is 13.7. The lowest BCUT2D eigenvalue weighted by Gasteiger charge is -2.59. The van der Waals surface area contributed by atoms with E-state index in [9.17, 15) is 15.0 Å². The number of nitrogens with zero attached hydrogens (tertiary/aromatic N) is 2. The molecule has 10 heteroatoms. The summed E-state index contributed by atoms with van der Waals surface area (Å²) in [4.78, 5) is 21.5. The number of methoxy groups -OCH3 is 1. The van der Waals surface area contributed by atoms with Crippen molar-refractivity contribution in [2.75, 3.05) is 40.1 Å². The number of benzene rings is 2. The van der Waals surface area contributed by atoms with Crippen LogP contribution in [0.4, 0.5) is 4.79 Å². The molecule has 10 nitrogen and oxygen atoms in total. The number of unbranched alkanes of at least 4 members (excludes halogenated alkanes) is 2. The summed E-state index contributed by atoms with van der Waals surface area (Å²) in [5, 5.41) is 24.4. The van der Waals surface area contributed by atoms with Crippen LogP contribution in [-0.4, -0.2) is 78.8 Å². The first-order valence-electron chi connectivity index (χ1n) is 18.8. The molecule has 0 unspecified atom stereocenters. The Bertz CT molecular complexity index is 1540. The van der Waals surface area contributed by atoms with Crippen LogP contribution < -0.4 is 9.47 Å². The van der Waals surface area contributed by atoms with Crippen molar-refractivity contribution in [2.24, 2.45) is 22.9 Å². The van der Waals surface area contributed by atoms with Crippen LogP contribution in [0.15, 0.2) is 90.6 Å². The highest BCUT2D eigenvalue weighted by molar-refractivity contribution is 6.03. The van der Waals surface area contributed by atoms with Gasteiger partial charge in [0.15, 0.2) is 0 Å². The number of amides is 1. The predicted octanol–water partition coefficient (Wildman–Crippen LogP) is 7.56. The van der Waals surface area contributed by atoms with Gasteiger partial charge < -0.3 is 34.0 Å². The van der Waals surface area contributed by atoms with E-state index in [0.717, 1.165) is 48.1 Å². The molecule has 2 N–H and O–H groups in total. The van der Waals surface area contributed by atoms with E-state index < -0.39 is 23.8 Å². The third kappa shape index (κ3) is 8.56. The van der Waals surface area contributed by atoms with Crippen molar-refractivity contribution in [3.8, 4) is 11.5 Å². The molecule has 52 heavy (non-hydrogen) atoms. The minimum atomic E-state index is -1.33. The lowest BCUT2D eigenvalue weighted by molar-refractivity contribution is -0.255. The van der Waals surface area contributed by atoms with Gasteiger partial charge in [0.05, 0.1) is 25.3 Å². The van der Waals surface area contributed by atoms with E-state index in [1.165, 1.54) is 7.11 Å². The lowest BCUT2D eigenvalue weighted by Crippen LogP contribution is -2.70. The zero-order valence-corrected chi connectivity index (χ0v) is 30.8. The van der Waals surface area contributed by atoms with Gasteiger partial charge in [-0.05, 0) is 73.3 Å². The Morgan fingerprint density at radius 3 is 2.48 bits per heavy atom. The Morgan fingerprint density at radius 1 is 1.04 bits per heavy atom. The summed E-state index contributed by atoms with van der Waals surface area (Å²) in [6.07, 6.45) is 11.1. The van der Waals surface area contributed by atoms with Crippen molar-refractivity contribution < 1.29 is 38.8 Å². The predicted molar refractivity (Wildman–Crippen MR) is 201 cm³/mol. The van der Waals surface area contributed by atoms with Crippen molar-refractivity contribution in [3.05, 3.63) is 96.6 Å². The fourth-order valence-electron chi connectivity index (χ4n) is 8.38. The summed E-state index contributed by atoms with van der Waals surface area (Å²) in [7, 11) is 1.40. The molecule has 0 saturated heterocycles. The third-order valence-electron chi connectivity index (χ3n) is 10.5. The van der Waals surface area contributed by atoms with Crippen molar-refractivity contribution in [3.63, 3.8) is 0 Å². The first-order chi connectivity index (χ1) is 25.5. The first kappa shape index (κ1) is 39.1. The molecular weight excluding hydrogens is 660 g/mol. The summed E-state index contributed by atoms with van der Waals surface area (Å²) >= 11 is 0. The molecule has 1 amide bonds. The van der Waals surface area contributed by atoms with Gasteiger partial charge in [0, 0.05) is 37.7 Å². The molecule has 0 aromatic heterocycles. The second-order valence-corrected chi connectivity index (χ2v) is 13.8. The van der Waals surface area contributed by atoms with E-state index in [1.54, 1.807) is 17.1 Å². The number of oxime groups is 1. The van der Waals surface area contributed by atoms with Gasteiger partial charge in [0.1, 0.15) is 30.8 Å². The quantitative estimate of drug-likeness (QED) is 0.0819. The van der Waals surface area contributed by atoms with Crippen LogP contribution in [-0.2, 0) is 20.9 Å². The van der Waals surface area contributed by atoms with Crippen LogP contribution in [0.5, 0.6) is 11.5 Å². The highest BCUT2D eigenvalue weighted by Gasteiger charge is 2.65. The number of hydrogen-bond acceptors (Lipinski definition) is 9. The number of carbonyl (C=O) groups excluding carboxylic acids is 1. The Morgan fingerprint density at radius 2 is 1.79 bits per heavy atom. The monoisotopic (exact) mass is 716 g/mol. The van der Waals surface area contributed by atoms with Gasteiger partial charge in [-0.2, -0.15) is 0 Å². The molecule has 5 rings (SSSR count). The molecule has 2 aromatic carbocycles. The van der Waals surface area contributed by atoms with Crippen molar-refractivity contribution >= 4 is 11.8 Å². The summed E-state index contributed by atoms with van der Waals surface area (Å²) < 4.78 is 25.6. The minimum Gasteiger partial charge on any atom is -0.490 e. The summed E-state index contributed by atoms with van der Waals surface area (Å²) in [5.74, 6) is -0.235. The molecule has 6 atom stereocenters.